The summed E-state index contributed by atoms with van der Waals surface area (Å²) < 4.78 is 1.92. The van der Waals surface area contributed by atoms with Crippen LogP contribution in [0.1, 0.15) is 30.9 Å². The van der Waals surface area contributed by atoms with Crippen LogP contribution in [0.3, 0.4) is 0 Å². The Kier molecular flexibility index (Phi) is 4.94. The van der Waals surface area contributed by atoms with Gasteiger partial charge in [-0.3, -0.25) is 9.78 Å². The summed E-state index contributed by atoms with van der Waals surface area (Å²) in [4.78, 5) is 34.5. The largest absolute Gasteiger partial charge is 0.349 e. The Hall–Kier alpha value is -2.54. The zero-order valence-electron chi connectivity index (χ0n) is 14.8. The van der Waals surface area contributed by atoms with Crippen LogP contribution in [0.4, 0.5) is 0 Å². The smallest absolute Gasteiger partial charge is 0.321 e. The molecule has 0 spiro atoms. The lowest BCUT2D eigenvalue weighted by molar-refractivity contribution is 0.584. The maximum Gasteiger partial charge on any atom is 0.349 e. The van der Waals surface area contributed by atoms with Crippen molar-refractivity contribution in [3.63, 3.8) is 0 Å². The fourth-order valence-corrected chi connectivity index (χ4v) is 2.89. The average molecular weight is 341 g/mol. The minimum Gasteiger partial charge on any atom is -0.321 e. The molecule has 3 rings (SSSR count). The predicted molar refractivity (Wildman–Crippen MR) is 98.3 cm³/mol. The maximum atomic E-state index is 12.2. The summed E-state index contributed by atoms with van der Waals surface area (Å²) in [5.74, 6) is 0.335. The molecule has 2 N–H and O–H groups in total. The lowest BCUT2D eigenvalue weighted by Crippen LogP contribution is -2.30. The number of unbranched alkanes of at least 4 members (excludes halogenated alkanes) is 1. The SMILES string of the molecule is CCCCNCCn1c2nc(=O)[nH]c(=O)c-2nc2cc(C)c(C)cc21. The summed E-state index contributed by atoms with van der Waals surface area (Å²) in [7, 11) is 0. The minimum absolute atomic E-state index is 0.198. The normalized spacial score (nSPS) is 11.5. The van der Waals surface area contributed by atoms with Crippen LogP contribution in [0.5, 0.6) is 0 Å². The van der Waals surface area contributed by atoms with Crippen LogP contribution in [-0.4, -0.2) is 32.6 Å². The molecule has 1 aromatic carbocycles. The van der Waals surface area contributed by atoms with Crippen molar-refractivity contribution < 1.29 is 0 Å². The maximum absolute atomic E-state index is 12.2. The number of nitrogens with zero attached hydrogens (tertiary/aromatic N) is 3. The van der Waals surface area contributed by atoms with E-state index >= 15 is 0 Å². The number of hydrogen-bond acceptors (Lipinski definition) is 5. The summed E-state index contributed by atoms with van der Waals surface area (Å²) in [5, 5.41) is 3.39. The molecule has 7 nitrogen and oxygen atoms in total. The molecule has 0 amide bonds. The van der Waals surface area contributed by atoms with E-state index in [0.29, 0.717) is 12.4 Å². The third kappa shape index (κ3) is 3.46. The molecule has 2 aliphatic rings. The van der Waals surface area contributed by atoms with Crippen molar-refractivity contribution in [1.29, 1.82) is 0 Å². The molecule has 1 aromatic rings. The first-order valence-corrected chi connectivity index (χ1v) is 8.64. The third-order valence-electron chi connectivity index (χ3n) is 4.44. The van der Waals surface area contributed by atoms with Crippen LogP contribution >= 0.6 is 0 Å². The number of aromatic amines is 1. The minimum atomic E-state index is -0.643. The van der Waals surface area contributed by atoms with Crippen molar-refractivity contribution in [3.05, 3.63) is 44.1 Å². The number of aryl methyl sites for hydroxylation is 2. The van der Waals surface area contributed by atoms with Gasteiger partial charge in [-0.25, -0.2) is 9.78 Å². The number of H-pyrrole nitrogens is 1. The van der Waals surface area contributed by atoms with Gasteiger partial charge in [0.25, 0.3) is 5.56 Å². The van der Waals surface area contributed by atoms with Crippen LogP contribution in [-0.2, 0) is 6.54 Å². The van der Waals surface area contributed by atoms with Crippen molar-refractivity contribution in [2.45, 2.75) is 40.2 Å². The molecule has 0 radical (unpaired) electrons. The number of nitrogens with one attached hydrogen (secondary N) is 2. The van der Waals surface area contributed by atoms with Crippen molar-refractivity contribution in [3.8, 4) is 11.5 Å². The van der Waals surface area contributed by atoms with Gasteiger partial charge in [-0.15, -0.1) is 0 Å². The molecular weight excluding hydrogens is 318 g/mol. The standard InChI is InChI=1S/C18H23N5O2/c1-4-5-6-19-7-8-23-14-10-12(3)11(2)9-13(14)20-15-16(23)21-18(25)22-17(15)24/h9-10,19H,4-8H2,1-3H3,(H,22,24,25). The topological polar surface area (TPSA) is 92.7 Å². The van der Waals surface area contributed by atoms with E-state index < -0.39 is 11.2 Å². The number of aromatic nitrogens is 4. The Morgan fingerprint density at radius 3 is 2.64 bits per heavy atom. The predicted octanol–water partition coefficient (Wildman–Crippen LogP) is 1.59. The number of rotatable bonds is 6. The molecule has 2 aliphatic heterocycles. The van der Waals surface area contributed by atoms with Gasteiger partial charge in [-0.1, -0.05) is 13.3 Å². The molecule has 2 heterocycles. The summed E-state index contributed by atoms with van der Waals surface area (Å²) >= 11 is 0. The zero-order valence-corrected chi connectivity index (χ0v) is 14.8. The van der Waals surface area contributed by atoms with Gasteiger partial charge in [0.1, 0.15) is 0 Å². The highest BCUT2D eigenvalue weighted by Crippen LogP contribution is 2.23. The second-order valence-electron chi connectivity index (χ2n) is 6.34. The van der Waals surface area contributed by atoms with Crippen LogP contribution in [0.15, 0.2) is 21.7 Å². The van der Waals surface area contributed by atoms with Crippen LogP contribution < -0.4 is 16.6 Å². The van der Waals surface area contributed by atoms with Crippen molar-refractivity contribution in [1.82, 2.24) is 24.8 Å². The Morgan fingerprint density at radius 1 is 1.12 bits per heavy atom. The molecule has 0 atom stereocenters. The van der Waals surface area contributed by atoms with E-state index in [0.717, 1.165) is 48.1 Å². The molecular formula is C18H23N5O2. The van der Waals surface area contributed by atoms with Gasteiger partial charge < -0.3 is 9.88 Å². The van der Waals surface area contributed by atoms with E-state index in [4.69, 9.17) is 0 Å². The molecule has 132 valence electrons. The molecule has 0 fully saturated rings. The van der Waals surface area contributed by atoms with E-state index in [2.05, 4.69) is 27.2 Å². The first-order chi connectivity index (χ1) is 12.0. The second kappa shape index (κ2) is 7.14. The first-order valence-electron chi connectivity index (χ1n) is 8.64. The monoisotopic (exact) mass is 341 g/mol. The van der Waals surface area contributed by atoms with Crippen molar-refractivity contribution in [2.24, 2.45) is 0 Å². The highest BCUT2D eigenvalue weighted by Gasteiger charge is 2.18. The molecule has 0 bridgehead atoms. The van der Waals surface area contributed by atoms with Crippen LogP contribution in [0, 0.1) is 13.8 Å². The summed E-state index contributed by atoms with van der Waals surface area (Å²) in [6.07, 6.45) is 2.25. The molecule has 0 aliphatic carbocycles. The Bertz CT molecular complexity index is 989. The van der Waals surface area contributed by atoms with E-state index in [1.54, 1.807) is 0 Å². The van der Waals surface area contributed by atoms with E-state index in [1.165, 1.54) is 0 Å². The van der Waals surface area contributed by atoms with Gasteiger partial charge in [0.05, 0.1) is 11.0 Å². The molecule has 0 saturated carbocycles. The highest BCUT2D eigenvalue weighted by molar-refractivity contribution is 5.81. The van der Waals surface area contributed by atoms with Gasteiger partial charge >= 0.3 is 5.69 Å². The molecule has 7 heteroatoms. The van der Waals surface area contributed by atoms with Gasteiger partial charge in [-0.2, -0.15) is 4.98 Å². The Morgan fingerprint density at radius 2 is 1.88 bits per heavy atom. The molecule has 25 heavy (non-hydrogen) atoms. The average Bonchev–Trinajstić information content (AvgIpc) is 2.56. The fraction of sp³-hybridized carbons (Fsp3) is 0.444. The number of benzene rings is 1. The van der Waals surface area contributed by atoms with Gasteiger partial charge in [0.15, 0.2) is 11.5 Å². The highest BCUT2D eigenvalue weighted by atomic mass is 16.2. The summed E-state index contributed by atoms with van der Waals surface area (Å²) in [5.41, 5.74) is 2.91. The van der Waals surface area contributed by atoms with Crippen molar-refractivity contribution in [2.75, 3.05) is 13.1 Å². The molecule has 0 aromatic heterocycles. The first kappa shape index (κ1) is 17.3. The lowest BCUT2D eigenvalue weighted by atomic mass is 10.1. The Balaban J connectivity index is 2.16. The number of hydrogen-bond donors (Lipinski definition) is 2. The quantitative estimate of drug-likeness (QED) is 0.525. The summed E-state index contributed by atoms with van der Waals surface area (Å²) in [6, 6.07) is 4.01. The fourth-order valence-electron chi connectivity index (χ4n) is 2.89. The Labute approximate surface area is 145 Å². The van der Waals surface area contributed by atoms with Crippen LogP contribution in [0.2, 0.25) is 0 Å². The van der Waals surface area contributed by atoms with Gasteiger partial charge in [-0.05, 0) is 50.1 Å². The van der Waals surface area contributed by atoms with E-state index in [-0.39, 0.29) is 5.69 Å². The summed E-state index contributed by atoms with van der Waals surface area (Å²) in [6.45, 7) is 8.48. The molecule has 0 saturated heterocycles. The van der Waals surface area contributed by atoms with E-state index in [1.807, 2.05) is 30.5 Å². The second-order valence-corrected chi connectivity index (χ2v) is 6.34. The van der Waals surface area contributed by atoms with Gasteiger partial charge in [0, 0.05) is 13.1 Å². The van der Waals surface area contributed by atoms with Crippen LogP contribution in [0.25, 0.3) is 22.6 Å². The van der Waals surface area contributed by atoms with E-state index in [9.17, 15) is 9.59 Å². The third-order valence-corrected chi connectivity index (χ3v) is 4.44. The lowest BCUT2D eigenvalue weighted by Gasteiger charge is -2.18. The van der Waals surface area contributed by atoms with Crippen molar-refractivity contribution >= 4 is 11.0 Å². The zero-order chi connectivity index (χ0) is 18.0. The van der Waals surface area contributed by atoms with Gasteiger partial charge in [0.2, 0.25) is 0 Å². The number of fused-ring (bicyclic) bond motifs is 2. The molecule has 0 unspecified atom stereocenters.